The molecule has 6 heteroatoms. The van der Waals surface area contributed by atoms with Crippen LogP contribution in [0.25, 0.3) is 0 Å². The Morgan fingerprint density at radius 3 is 2.22 bits per heavy atom. The van der Waals surface area contributed by atoms with Crippen molar-refractivity contribution in [1.29, 1.82) is 0 Å². The first-order chi connectivity index (χ1) is 8.09. The number of halogens is 4. The first kappa shape index (κ1) is 15.3. The summed E-state index contributed by atoms with van der Waals surface area (Å²) in [6.07, 6.45) is -4.33. The van der Waals surface area contributed by atoms with E-state index >= 15 is 0 Å². The van der Waals surface area contributed by atoms with Crippen LogP contribution in [0.2, 0.25) is 0 Å². The first-order valence-electron chi connectivity index (χ1n) is 5.40. The average molecular weight is 325 g/mol. The van der Waals surface area contributed by atoms with Gasteiger partial charge < -0.3 is 10.6 Å². The summed E-state index contributed by atoms with van der Waals surface area (Å²) in [5.41, 5.74) is 5.34. The number of rotatable bonds is 3. The molecule has 0 saturated heterocycles. The van der Waals surface area contributed by atoms with Crippen LogP contribution in [-0.4, -0.2) is 19.1 Å². The summed E-state index contributed by atoms with van der Waals surface area (Å²) in [7, 11) is 1.81. The summed E-state index contributed by atoms with van der Waals surface area (Å²) in [6.45, 7) is 4.26. The van der Waals surface area contributed by atoms with Gasteiger partial charge in [0.05, 0.1) is 11.3 Å². The van der Waals surface area contributed by atoms with E-state index in [4.69, 9.17) is 5.73 Å². The third-order valence-electron chi connectivity index (χ3n) is 3.04. The molecule has 0 aliphatic heterocycles. The number of anilines is 1. The Kier molecular flexibility index (Phi) is 4.33. The second kappa shape index (κ2) is 5.09. The van der Waals surface area contributed by atoms with E-state index in [0.717, 1.165) is 12.1 Å². The van der Waals surface area contributed by atoms with Crippen LogP contribution >= 0.6 is 15.9 Å². The predicted octanol–water partition coefficient (Wildman–Crippen LogP) is 3.64. The van der Waals surface area contributed by atoms with E-state index in [2.05, 4.69) is 15.9 Å². The lowest BCUT2D eigenvalue weighted by molar-refractivity contribution is -0.137. The second-order valence-electron chi connectivity index (χ2n) is 4.74. The van der Waals surface area contributed by atoms with Crippen LogP contribution in [0.4, 0.5) is 18.9 Å². The smallest absolute Gasteiger partial charge is 0.367 e. The average Bonchev–Trinajstić information content (AvgIpc) is 2.26. The number of nitrogens with zero attached hydrogens (tertiary/aromatic N) is 1. The lowest BCUT2D eigenvalue weighted by Crippen LogP contribution is -2.47. The number of hydrogen-bond donors (Lipinski definition) is 1. The van der Waals surface area contributed by atoms with Crippen LogP contribution in [0.3, 0.4) is 0 Å². The van der Waals surface area contributed by atoms with Crippen molar-refractivity contribution in [1.82, 2.24) is 0 Å². The lowest BCUT2D eigenvalue weighted by atomic mass is 10.0. The minimum absolute atomic E-state index is 0.331. The third kappa shape index (κ3) is 3.17. The van der Waals surface area contributed by atoms with Gasteiger partial charge in [-0.25, -0.2) is 0 Å². The SMILES string of the molecule is CN(c1ccc(C(F)(F)F)cc1Br)C(C)(C)CN. The van der Waals surface area contributed by atoms with Gasteiger partial charge >= 0.3 is 6.18 Å². The van der Waals surface area contributed by atoms with Gasteiger partial charge in [0.2, 0.25) is 0 Å². The van der Waals surface area contributed by atoms with Crippen molar-refractivity contribution in [2.24, 2.45) is 5.73 Å². The molecule has 0 aliphatic rings. The molecule has 2 nitrogen and oxygen atoms in total. The summed E-state index contributed by atoms with van der Waals surface area (Å²) in [5.74, 6) is 0. The topological polar surface area (TPSA) is 29.3 Å². The van der Waals surface area contributed by atoms with Gasteiger partial charge in [-0.3, -0.25) is 0 Å². The van der Waals surface area contributed by atoms with Crippen LogP contribution in [0.5, 0.6) is 0 Å². The molecule has 1 rings (SSSR count). The zero-order valence-corrected chi connectivity index (χ0v) is 12.1. The summed E-state index contributed by atoms with van der Waals surface area (Å²) in [6, 6.07) is 3.60. The summed E-state index contributed by atoms with van der Waals surface area (Å²) >= 11 is 3.18. The summed E-state index contributed by atoms with van der Waals surface area (Å²) < 4.78 is 38.0. The number of likely N-dealkylation sites (N-methyl/N-ethyl adjacent to an activating group) is 1. The summed E-state index contributed by atoms with van der Waals surface area (Å²) in [4.78, 5) is 1.86. The molecule has 0 aliphatic carbocycles. The van der Waals surface area contributed by atoms with Crippen LogP contribution < -0.4 is 10.6 Å². The van der Waals surface area contributed by atoms with Gasteiger partial charge in [0, 0.05) is 23.6 Å². The number of benzene rings is 1. The normalized spacial score (nSPS) is 12.7. The maximum atomic E-state index is 12.5. The van der Waals surface area contributed by atoms with Crippen molar-refractivity contribution in [2.45, 2.75) is 25.6 Å². The molecule has 0 spiro atoms. The Labute approximate surface area is 113 Å². The highest BCUT2D eigenvalue weighted by atomic mass is 79.9. The van der Waals surface area contributed by atoms with Gasteiger partial charge in [0.1, 0.15) is 0 Å². The van der Waals surface area contributed by atoms with Crippen LogP contribution in [0.15, 0.2) is 22.7 Å². The Morgan fingerprint density at radius 2 is 1.83 bits per heavy atom. The largest absolute Gasteiger partial charge is 0.416 e. The van der Waals surface area contributed by atoms with Crippen molar-refractivity contribution < 1.29 is 13.2 Å². The Morgan fingerprint density at radius 1 is 1.28 bits per heavy atom. The highest BCUT2D eigenvalue weighted by molar-refractivity contribution is 9.10. The quantitative estimate of drug-likeness (QED) is 0.919. The molecular formula is C12H16BrF3N2. The summed E-state index contributed by atoms with van der Waals surface area (Å²) in [5, 5.41) is 0. The van der Waals surface area contributed by atoms with Crippen molar-refractivity contribution in [3.63, 3.8) is 0 Å². The number of hydrogen-bond acceptors (Lipinski definition) is 2. The number of alkyl halides is 3. The van der Waals surface area contributed by atoms with E-state index in [1.54, 1.807) is 7.05 Å². The van der Waals surface area contributed by atoms with Gasteiger partial charge in [0.15, 0.2) is 0 Å². The second-order valence-corrected chi connectivity index (χ2v) is 5.59. The van der Waals surface area contributed by atoms with Crippen LogP contribution in [0.1, 0.15) is 19.4 Å². The molecule has 0 aromatic heterocycles. The fraction of sp³-hybridized carbons (Fsp3) is 0.500. The lowest BCUT2D eigenvalue weighted by Gasteiger charge is -2.37. The van der Waals surface area contributed by atoms with Crippen LogP contribution in [-0.2, 0) is 6.18 Å². The molecule has 0 fully saturated rings. The van der Waals surface area contributed by atoms with Gasteiger partial charge in [-0.05, 0) is 48.0 Å². The van der Waals surface area contributed by atoms with E-state index in [-0.39, 0.29) is 5.54 Å². The minimum Gasteiger partial charge on any atom is -0.367 e. The fourth-order valence-corrected chi connectivity index (χ4v) is 2.06. The number of nitrogens with two attached hydrogens (primary N) is 1. The molecule has 2 N–H and O–H groups in total. The first-order valence-corrected chi connectivity index (χ1v) is 6.19. The van der Waals surface area contributed by atoms with E-state index in [1.807, 2.05) is 18.7 Å². The molecule has 0 unspecified atom stereocenters. The zero-order chi connectivity index (χ0) is 14.1. The molecule has 0 bridgehead atoms. The van der Waals surface area contributed by atoms with Gasteiger partial charge in [0.25, 0.3) is 0 Å². The molecular weight excluding hydrogens is 309 g/mol. The maximum Gasteiger partial charge on any atom is 0.416 e. The maximum absolute atomic E-state index is 12.5. The van der Waals surface area contributed by atoms with E-state index in [9.17, 15) is 13.2 Å². The van der Waals surface area contributed by atoms with Gasteiger partial charge in [-0.15, -0.1) is 0 Å². The third-order valence-corrected chi connectivity index (χ3v) is 3.68. The van der Waals surface area contributed by atoms with E-state index in [1.165, 1.54) is 6.07 Å². The van der Waals surface area contributed by atoms with Crippen LogP contribution in [0, 0.1) is 0 Å². The van der Waals surface area contributed by atoms with Gasteiger partial charge in [-0.1, -0.05) is 0 Å². The highest BCUT2D eigenvalue weighted by Gasteiger charge is 2.32. The zero-order valence-electron chi connectivity index (χ0n) is 10.5. The molecule has 1 aromatic carbocycles. The van der Waals surface area contributed by atoms with E-state index < -0.39 is 11.7 Å². The van der Waals surface area contributed by atoms with E-state index in [0.29, 0.717) is 16.7 Å². The minimum atomic E-state index is -4.33. The fourth-order valence-electron chi connectivity index (χ4n) is 1.42. The molecule has 0 amide bonds. The molecule has 0 atom stereocenters. The molecule has 0 radical (unpaired) electrons. The van der Waals surface area contributed by atoms with Crippen molar-refractivity contribution in [3.8, 4) is 0 Å². The molecule has 18 heavy (non-hydrogen) atoms. The molecule has 102 valence electrons. The molecule has 0 heterocycles. The Balaban J connectivity index is 3.14. The van der Waals surface area contributed by atoms with Crippen molar-refractivity contribution in [3.05, 3.63) is 28.2 Å². The Bertz CT molecular complexity index is 430. The monoisotopic (exact) mass is 324 g/mol. The van der Waals surface area contributed by atoms with Crippen molar-refractivity contribution >= 4 is 21.6 Å². The standard InChI is InChI=1S/C12H16BrF3N2/c1-11(2,7-17)18(3)10-5-4-8(6-9(10)13)12(14,15)16/h4-6H,7,17H2,1-3H3. The highest BCUT2D eigenvalue weighted by Crippen LogP contribution is 2.36. The van der Waals surface area contributed by atoms with Crippen molar-refractivity contribution in [2.75, 3.05) is 18.5 Å². The Hall–Kier alpha value is -0.750. The molecule has 0 saturated carbocycles. The predicted molar refractivity (Wildman–Crippen MR) is 70.7 cm³/mol. The van der Waals surface area contributed by atoms with Gasteiger partial charge in [-0.2, -0.15) is 13.2 Å². The molecule has 1 aromatic rings.